The van der Waals surface area contributed by atoms with Gasteiger partial charge in [0.15, 0.2) is 5.60 Å². The molecule has 0 aromatic rings. The predicted octanol–water partition coefficient (Wildman–Crippen LogP) is -5.03. The Morgan fingerprint density at radius 1 is 1.39 bits per heavy atom. The Morgan fingerprint density at radius 2 is 2.00 bits per heavy atom. The number of rotatable bonds is 9. The molecule has 0 spiro atoms. The number of nitrogens with one attached hydrogen (secondary N) is 1. The van der Waals surface area contributed by atoms with E-state index in [0.29, 0.717) is 19.3 Å². The van der Waals surface area contributed by atoms with E-state index in [1.807, 2.05) is 0 Å². The minimum absolute atomic E-state index is 0. The zero-order chi connectivity index (χ0) is 16.9. The van der Waals surface area contributed by atoms with Crippen LogP contribution in [0.25, 0.3) is 0 Å². The number of carboxylic acid groups (broad SMARTS) is 1. The summed E-state index contributed by atoms with van der Waals surface area (Å²) in [7, 11) is 1.51. The summed E-state index contributed by atoms with van der Waals surface area (Å²) in [5.74, 6) is -2.83. The smallest absolute Gasteiger partial charge is 0.548 e. The van der Waals surface area contributed by atoms with E-state index in [0.717, 1.165) is 4.90 Å². The quantitative estimate of drug-likeness (QED) is 0.245. The van der Waals surface area contributed by atoms with Crippen LogP contribution in [0, 0.1) is 0 Å². The van der Waals surface area contributed by atoms with E-state index in [4.69, 9.17) is 0 Å². The number of hydrogen-bond donors (Lipinski definition) is 2. The molecule has 8 nitrogen and oxygen atoms in total. The first-order valence-corrected chi connectivity index (χ1v) is 7.16. The van der Waals surface area contributed by atoms with Crippen molar-refractivity contribution in [3.63, 3.8) is 0 Å². The Labute approximate surface area is 156 Å². The number of carbonyl (C=O) groups is 4. The Kier molecular flexibility index (Phi) is 9.15. The number of Topliss-reactive ketones (excluding diaryl/α,β-unsaturated/α-hetero) is 1. The molecule has 0 aromatic carbocycles. The normalized spacial score (nSPS) is 22.0. The number of nitrogens with zero attached hydrogens (tertiary/aromatic N) is 1. The zero-order valence-electron chi connectivity index (χ0n) is 13.8. The number of amides is 2. The summed E-state index contributed by atoms with van der Waals surface area (Å²) in [6.45, 7) is 1.34. The third kappa shape index (κ3) is 5.96. The first-order chi connectivity index (χ1) is 10.2. The Balaban J connectivity index is 0.00000484. The molecule has 23 heavy (non-hydrogen) atoms. The van der Waals surface area contributed by atoms with Crippen LogP contribution in [-0.4, -0.2) is 58.8 Å². The van der Waals surface area contributed by atoms with Gasteiger partial charge >= 0.3 is 29.6 Å². The standard InChI is InChI=1S/C14H22N2O6.Na/c1-9(17)7-14(22)8-11(18)16(13(14)21)6-4-3-5-10(15-2)12(19)20;/h10,15,22H,3-8H2,1-2H3,(H,19,20);/q;+1/p-1. The number of aliphatic hydroxyl groups is 1. The molecule has 1 rings (SSSR count). The summed E-state index contributed by atoms with van der Waals surface area (Å²) in [5.41, 5.74) is -1.93. The molecule has 1 saturated heterocycles. The number of aliphatic carboxylic acids is 1. The van der Waals surface area contributed by atoms with Gasteiger partial charge in [-0.2, -0.15) is 0 Å². The maximum Gasteiger partial charge on any atom is 1.00 e. The van der Waals surface area contributed by atoms with Gasteiger partial charge in [0.2, 0.25) is 5.91 Å². The number of unbranched alkanes of at least 4 members (excludes halogenated alkanes) is 1. The Morgan fingerprint density at radius 3 is 2.48 bits per heavy atom. The number of carbonyl (C=O) groups excluding carboxylic acids is 4. The van der Waals surface area contributed by atoms with Gasteiger partial charge < -0.3 is 20.3 Å². The second-order valence-electron chi connectivity index (χ2n) is 5.59. The number of carboxylic acids is 1. The minimum atomic E-state index is -1.93. The average molecular weight is 336 g/mol. The van der Waals surface area contributed by atoms with Gasteiger partial charge in [-0.05, 0) is 33.2 Å². The molecule has 0 saturated carbocycles. The molecular weight excluding hydrogens is 315 g/mol. The molecular formula is C14H21N2NaO6. The first kappa shape index (κ1) is 22.2. The van der Waals surface area contributed by atoms with Crippen LogP contribution in [0.2, 0.25) is 0 Å². The number of likely N-dealkylation sites (tertiary alicyclic amines) is 1. The fraction of sp³-hybridized carbons (Fsp3) is 0.714. The average Bonchev–Trinajstić information content (AvgIpc) is 2.59. The van der Waals surface area contributed by atoms with Crippen LogP contribution in [0.5, 0.6) is 0 Å². The summed E-state index contributed by atoms with van der Waals surface area (Å²) >= 11 is 0. The van der Waals surface area contributed by atoms with Gasteiger partial charge in [0.25, 0.3) is 5.91 Å². The van der Waals surface area contributed by atoms with E-state index >= 15 is 0 Å². The monoisotopic (exact) mass is 336 g/mol. The van der Waals surface area contributed by atoms with Crippen molar-refractivity contribution >= 4 is 23.6 Å². The van der Waals surface area contributed by atoms with Crippen LogP contribution >= 0.6 is 0 Å². The van der Waals surface area contributed by atoms with Crippen LogP contribution in [0.3, 0.4) is 0 Å². The maximum atomic E-state index is 12.1. The molecule has 2 amide bonds. The first-order valence-electron chi connectivity index (χ1n) is 7.16. The number of likely N-dealkylation sites (N-methyl/N-ethyl adjacent to an activating group) is 1. The molecule has 0 bridgehead atoms. The predicted molar refractivity (Wildman–Crippen MR) is 73.3 cm³/mol. The molecule has 124 valence electrons. The number of imide groups is 1. The van der Waals surface area contributed by atoms with Crippen LogP contribution in [0.1, 0.15) is 39.0 Å². The van der Waals surface area contributed by atoms with Crippen molar-refractivity contribution in [2.24, 2.45) is 0 Å². The molecule has 1 aliphatic rings. The fourth-order valence-corrected chi connectivity index (χ4v) is 2.56. The van der Waals surface area contributed by atoms with Crippen molar-refractivity contribution in [2.45, 2.75) is 50.7 Å². The van der Waals surface area contributed by atoms with Crippen molar-refractivity contribution in [1.82, 2.24) is 10.2 Å². The van der Waals surface area contributed by atoms with Gasteiger partial charge in [-0.15, -0.1) is 0 Å². The van der Waals surface area contributed by atoms with Crippen molar-refractivity contribution in [3.05, 3.63) is 0 Å². The van der Waals surface area contributed by atoms with Crippen LogP contribution in [0.4, 0.5) is 0 Å². The Hall–Kier alpha value is -0.800. The van der Waals surface area contributed by atoms with Crippen molar-refractivity contribution < 1.29 is 58.9 Å². The van der Waals surface area contributed by atoms with Crippen LogP contribution in [0.15, 0.2) is 0 Å². The van der Waals surface area contributed by atoms with Crippen LogP contribution in [-0.2, 0) is 19.2 Å². The number of hydrogen-bond acceptors (Lipinski definition) is 7. The van der Waals surface area contributed by atoms with Gasteiger partial charge in [-0.1, -0.05) is 0 Å². The molecule has 0 aliphatic carbocycles. The minimum Gasteiger partial charge on any atom is -0.548 e. The van der Waals surface area contributed by atoms with E-state index in [2.05, 4.69) is 5.32 Å². The second-order valence-corrected chi connectivity index (χ2v) is 5.59. The van der Waals surface area contributed by atoms with E-state index in [-0.39, 0.29) is 54.7 Å². The van der Waals surface area contributed by atoms with E-state index in [1.165, 1.54) is 14.0 Å². The molecule has 1 heterocycles. The van der Waals surface area contributed by atoms with Crippen molar-refractivity contribution in [2.75, 3.05) is 13.6 Å². The third-order valence-electron chi connectivity index (χ3n) is 3.69. The molecule has 2 N–H and O–H groups in total. The molecule has 1 aliphatic heterocycles. The maximum absolute atomic E-state index is 12.1. The summed E-state index contributed by atoms with van der Waals surface area (Å²) in [6.07, 6.45) is 0.442. The van der Waals surface area contributed by atoms with E-state index < -0.39 is 29.4 Å². The largest absolute Gasteiger partial charge is 1.00 e. The summed E-state index contributed by atoms with van der Waals surface area (Å²) in [6, 6.07) is -0.778. The SMILES string of the molecule is CNC(CCCCN1C(=O)CC(O)(CC(C)=O)C1=O)C(=O)[O-].[Na+]. The number of ketones is 1. The van der Waals surface area contributed by atoms with Gasteiger partial charge in [-0.25, -0.2) is 0 Å². The van der Waals surface area contributed by atoms with Crippen molar-refractivity contribution in [1.29, 1.82) is 0 Å². The summed E-state index contributed by atoms with van der Waals surface area (Å²) in [4.78, 5) is 46.6. The summed E-state index contributed by atoms with van der Waals surface area (Å²) in [5, 5.41) is 23.4. The van der Waals surface area contributed by atoms with Crippen LogP contribution < -0.4 is 40.0 Å². The molecule has 0 aromatic heterocycles. The molecule has 9 heteroatoms. The van der Waals surface area contributed by atoms with Gasteiger partial charge in [-0.3, -0.25) is 19.3 Å². The van der Waals surface area contributed by atoms with Gasteiger partial charge in [0.1, 0.15) is 5.78 Å². The van der Waals surface area contributed by atoms with Gasteiger partial charge in [0.05, 0.1) is 12.4 Å². The van der Waals surface area contributed by atoms with E-state index in [1.54, 1.807) is 0 Å². The van der Waals surface area contributed by atoms with Gasteiger partial charge in [0, 0.05) is 19.0 Å². The topological polar surface area (TPSA) is 127 Å². The van der Waals surface area contributed by atoms with Crippen molar-refractivity contribution in [3.8, 4) is 0 Å². The molecule has 1 fully saturated rings. The van der Waals surface area contributed by atoms with E-state index in [9.17, 15) is 29.4 Å². The zero-order valence-corrected chi connectivity index (χ0v) is 15.8. The third-order valence-corrected chi connectivity index (χ3v) is 3.69. The summed E-state index contributed by atoms with van der Waals surface area (Å²) < 4.78 is 0. The Bertz CT molecular complexity index is 484. The molecule has 2 unspecified atom stereocenters. The molecule has 0 radical (unpaired) electrons. The molecule has 2 atom stereocenters. The fourth-order valence-electron chi connectivity index (χ4n) is 2.56. The second kappa shape index (κ2) is 9.48.